The Labute approximate surface area is 160 Å². The third-order valence-electron chi connectivity index (χ3n) is 3.85. The van der Waals surface area contributed by atoms with Crippen LogP contribution in [0.3, 0.4) is 0 Å². The predicted molar refractivity (Wildman–Crippen MR) is 97.9 cm³/mol. The molecule has 0 amide bonds. The van der Waals surface area contributed by atoms with Gasteiger partial charge in [-0.3, -0.25) is 4.57 Å². The number of nitrogens with zero attached hydrogens (tertiary/aromatic N) is 1. The van der Waals surface area contributed by atoms with Crippen LogP contribution in [0.1, 0.15) is 19.8 Å². The number of fused-ring (bicyclic) bond motifs is 1. The van der Waals surface area contributed by atoms with Crippen LogP contribution >= 0.6 is 11.6 Å². The van der Waals surface area contributed by atoms with Gasteiger partial charge in [0.1, 0.15) is 5.75 Å². The van der Waals surface area contributed by atoms with E-state index in [1.54, 1.807) is 0 Å². The van der Waals surface area contributed by atoms with Crippen molar-refractivity contribution in [2.75, 3.05) is 26.4 Å². The van der Waals surface area contributed by atoms with E-state index < -0.39 is 23.9 Å². The van der Waals surface area contributed by atoms with Gasteiger partial charge in [-0.05, 0) is 12.5 Å². The molecule has 0 radical (unpaired) electrons. The Hall–Kier alpha value is -2.07. The molecule has 0 aliphatic heterocycles. The molecule has 0 saturated heterocycles. The standard InChI is InChI=1S/C17H23ClN2O7/c1-2-5-25-13-8-14-12(7-11(13)18)20(16(24)27-14)9-17(19,10-22)15(23)26-6-3-4-21/h7-8,21-22H,2-6,9-10,19H2,1H3. The summed E-state index contributed by atoms with van der Waals surface area (Å²) in [7, 11) is 0. The number of aliphatic hydroxyl groups is 2. The maximum Gasteiger partial charge on any atom is 0.420 e. The molecule has 2 aromatic rings. The van der Waals surface area contributed by atoms with Crippen LogP contribution in [0.5, 0.6) is 5.75 Å². The van der Waals surface area contributed by atoms with Gasteiger partial charge in [0.2, 0.25) is 0 Å². The van der Waals surface area contributed by atoms with Crippen LogP contribution in [0.25, 0.3) is 11.1 Å². The maximum atomic E-state index is 12.2. The number of hydrogen-bond donors (Lipinski definition) is 3. The Bertz CT molecular complexity index is 848. The van der Waals surface area contributed by atoms with Crippen LogP contribution in [0.15, 0.2) is 21.3 Å². The number of aliphatic hydroxyl groups excluding tert-OH is 2. The van der Waals surface area contributed by atoms with E-state index in [0.717, 1.165) is 11.0 Å². The topological polar surface area (TPSA) is 137 Å². The summed E-state index contributed by atoms with van der Waals surface area (Å²) < 4.78 is 16.7. The van der Waals surface area contributed by atoms with Gasteiger partial charge in [0.25, 0.3) is 0 Å². The van der Waals surface area contributed by atoms with Crippen molar-refractivity contribution in [2.45, 2.75) is 31.8 Å². The lowest BCUT2D eigenvalue weighted by molar-refractivity contribution is -0.152. The number of nitrogens with two attached hydrogens (primary N) is 1. The molecule has 0 aliphatic rings. The zero-order valence-corrected chi connectivity index (χ0v) is 15.7. The van der Waals surface area contributed by atoms with Gasteiger partial charge in [-0.25, -0.2) is 9.59 Å². The van der Waals surface area contributed by atoms with Crippen LogP contribution in [-0.2, 0) is 16.1 Å². The van der Waals surface area contributed by atoms with Crippen LogP contribution in [-0.4, -0.2) is 52.7 Å². The normalized spacial score (nSPS) is 13.5. The number of esters is 1. The fraction of sp³-hybridized carbons (Fsp3) is 0.529. The van der Waals surface area contributed by atoms with E-state index >= 15 is 0 Å². The highest BCUT2D eigenvalue weighted by Gasteiger charge is 2.37. The molecule has 1 heterocycles. The molecule has 0 spiro atoms. The molecule has 10 heteroatoms. The highest BCUT2D eigenvalue weighted by Crippen LogP contribution is 2.30. The van der Waals surface area contributed by atoms with Gasteiger partial charge < -0.3 is 29.8 Å². The number of rotatable bonds is 10. The Kier molecular flexibility index (Phi) is 7.25. The summed E-state index contributed by atoms with van der Waals surface area (Å²) in [5, 5.41) is 18.6. The first-order valence-electron chi connectivity index (χ1n) is 8.49. The number of hydrogen-bond acceptors (Lipinski definition) is 8. The monoisotopic (exact) mass is 402 g/mol. The van der Waals surface area contributed by atoms with Gasteiger partial charge in [-0.15, -0.1) is 0 Å². The summed E-state index contributed by atoms with van der Waals surface area (Å²) >= 11 is 6.19. The molecular formula is C17H23ClN2O7. The number of ether oxygens (including phenoxy) is 2. The van der Waals surface area contributed by atoms with Crippen molar-refractivity contribution >= 4 is 28.7 Å². The Balaban J connectivity index is 2.34. The number of carbonyl (C=O) groups excluding carboxylic acids is 1. The van der Waals surface area contributed by atoms with Crippen LogP contribution in [0.4, 0.5) is 0 Å². The summed E-state index contributed by atoms with van der Waals surface area (Å²) in [6.07, 6.45) is 1.02. The van der Waals surface area contributed by atoms with Crippen LogP contribution in [0.2, 0.25) is 5.02 Å². The van der Waals surface area contributed by atoms with Gasteiger partial charge in [0.15, 0.2) is 11.1 Å². The first-order valence-corrected chi connectivity index (χ1v) is 8.87. The number of halogens is 1. The molecule has 27 heavy (non-hydrogen) atoms. The minimum Gasteiger partial charge on any atom is -0.492 e. The smallest absolute Gasteiger partial charge is 0.420 e. The highest BCUT2D eigenvalue weighted by atomic mass is 35.5. The number of benzene rings is 1. The molecule has 9 nitrogen and oxygen atoms in total. The lowest BCUT2D eigenvalue weighted by Crippen LogP contribution is -2.56. The fourth-order valence-electron chi connectivity index (χ4n) is 2.37. The molecule has 150 valence electrons. The number of carbonyl (C=O) groups is 1. The van der Waals surface area contributed by atoms with Crippen molar-refractivity contribution < 1.29 is 28.9 Å². The van der Waals surface area contributed by atoms with Crippen LogP contribution < -0.4 is 16.2 Å². The third kappa shape index (κ3) is 4.81. The molecule has 1 aromatic carbocycles. The first-order chi connectivity index (χ1) is 12.9. The maximum absolute atomic E-state index is 12.2. The van der Waals surface area contributed by atoms with Crippen molar-refractivity contribution in [3.05, 3.63) is 27.7 Å². The minimum atomic E-state index is -1.86. The van der Waals surface area contributed by atoms with Crippen molar-refractivity contribution in [1.82, 2.24) is 4.57 Å². The van der Waals surface area contributed by atoms with E-state index in [9.17, 15) is 14.7 Å². The molecule has 0 fully saturated rings. The molecule has 0 saturated carbocycles. The van der Waals surface area contributed by atoms with Gasteiger partial charge in [-0.1, -0.05) is 18.5 Å². The minimum absolute atomic E-state index is 0.0563. The molecule has 1 unspecified atom stereocenters. The summed E-state index contributed by atoms with van der Waals surface area (Å²) in [6.45, 7) is 1.05. The van der Waals surface area contributed by atoms with E-state index in [2.05, 4.69) is 0 Å². The molecule has 1 aromatic heterocycles. The second-order valence-electron chi connectivity index (χ2n) is 6.08. The van der Waals surface area contributed by atoms with Crippen molar-refractivity contribution in [2.24, 2.45) is 5.73 Å². The summed E-state index contributed by atoms with van der Waals surface area (Å²) in [4.78, 5) is 24.4. The Morgan fingerprint density at radius 2 is 2.11 bits per heavy atom. The second kappa shape index (κ2) is 9.23. The van der Waals surface area contributed by atoms with Gasteiger partial charge in [0.05, 0.1) is 36.9 Å². The zero-order valence-electron chi connectivity index (χ0n) is 14.9. The average Bonchev–Trinajstić information content (AvgIpc) is 2.94. The van der Waals surface area contributed by atoms with E-state index in [-0.39, 0.29) is 36.8 Å². The molecular weight excluding hydrogens is 380 g/mol. The van der Waals surface area contributed by atoms with Crippen molar-refractivity contribution in [3.63, 3.8) is 0 Å². The average molecular weight is 403 g/mol. The predicted octanol–water partition coefficient (Wildman–Crippen LogP) is 0.652. The largest absolute Gasteiger partial charge is 0.492 e. The van der Waals surface area contributed by atoms with Crippen molar-refractivity contribution in [1.29, 1.82) is 0 Å². The molecule has 1 atom stereocenters. The van der Waals surface area contributed by atoms with E-state index in [0.29, 0.717) is 17.9 Å². The SMILES string of the molecule is CCCOc1cc2oc(=O)n(CC(N)(CO)C(=O)OCCCO)c2cc1Cl. The quantitative estimate of drug-likeness (QED) is 0.389. The third-order valence-corrected chi connectivity index (χ3v) is 4.14. The first kappa shape index (κ1) is 21.2. The second-order valence-corrected chi connectivity index (χ2v) is 6.49. The fourth-order valence-corrected chi connectivity index (χ4v) is 2.58. The molecule has 0 bridgehead atoms. The van der Waals surface area contributed by atoms with Gasteiger partial charge >= 0.3 is 11.7 Å². The summed E-state index contributed by atoms with van der Waals surface area (Å²) in [5.74, 6) is -1.29. The summed E-state index contributed by atoms with van der Waals surface area (Å²) in [6, 6.07) is 2.96. The van der Waals surface area contributed by atoms with E-state index in [1.165, 1.54) is 12.1 Å². The number of oxazole rings is 1. The van der Waals surface area contributed by atoms with E-state index in [1.807, 2.05) is 6.92 Å². The molecule has 0 aliphatic carbocycles. The zero-order chi connectivity index (χ0) is 20.0. The molecule has 4 N–H and O–H groups in total. The Morgan fingerprint density at radius 1 is 1.37 bits per heavy atom. The van der Waals surface area contributed by atoms with Gasteiger partial charge in [-0.2, -0.15) is 0 Å². The molecule has 2 rings (SSSR count). The Morgan fingerprint density at radius 3 is 2.74 bits per heavy atom. The van der Waals surface area contributed by atoms with E-state index in [4.69, 9.17) is 36.3 Å². The van der Waals surface area contributed by atoms with Crippen molar-refractivity contribution in [3.8, 4) is 5.75 Å². The lowest BCUT2D eigenvalue weighted by atomic mass is 10.0. The van der Waals surface area contributed by atoms with Crippen LogP contribution in [0, 0.1) is 0 Å². The number of aromatic nitrogens is 1. The van der Waals surface area contributed by atoms with Gasteiger partial charge in [0, 0.05) is 19.1 Å². The summed E-state index contributed by atoms with van der Waals surface area (Å²) in [5.41, 5.74) is 4.62. The highest BCUT2D eigenvalue weighted by molar-refractivity contribution is 6.32. The lowest BCUT2D eigenvalue weighted by Gasteiger charge is -2.25.